The number of phenols is 1. The van der Waals surface area contributed by atoms with E-state index in [4.69, 9.17) is 0 Å². The third kappa shape index (κ3) is 3.50. The van der Waals surface area contributed by atoms with E-state index in [0.29, 0.717) is 11.5 Å². The van der Waals surface area contributed by atoms with Gasteiger partial charge in [-0.1, -0.05) is 74.5 Å². The van der Waals surface area contributed by atoms with Crippen LogP contribution in [0, 0.1) is 0 Å². The van der Waals surface area contributed by atoms with Crippen LogP contribution >= 0.6 is 0 Å². The molecule has 1 amide bonds. The number of rotatable bonds is 4. The summed E-state index contributed by atoms with van der Waals surface area (Å²) in [6, 6.07) is 19.4. The third-order valence-electron chi connectivity index (χ3n) is 4.53. The van der Waals surface area contributed by atoms with Gasteiger partial charge in [0.2, 0.25) is 5.91 Å². The van der Waals surface area contributed by atoms with E-state index in [2.05, 4.69) is 31.3 Å². The predicted octanol–water partition coefficient (Wildman–Crippen LogP) is 4.89. The van der Waals surface area contributed by atoms with Crippen molar-refractivity contribution >= 4 is 16.7 Å². The Bertz CT molecular complexity index is 898. The van der Waals surface area contributed by atoms with Gasteiger partial charge in [-0.2, -0.15) is 0 Å². The van der Waals surface area contributed by atoms with Crippen molar-refractivity contribution in [2.75, 3.05) is 0 Å². The molecule has 0 saturated carbocycles. The second kappa shape index (κ2) is 6.98. The first kappa shape index (κ1) is 17.0. The van der Waals surface area contributed by atoms with Crippen molar-refractivity contribution in [3.05, 3.63) is 77.4 Å². The average Bonchev–Trinajstić information content (AvgIpc) is 2.60. The first-order valence-electron chi connectivity index (χ1n) is 8.55. The van der Waals surface area contributed by atoms with Gasteiger partial charge in [0.05, 0.1) is 6.04 Å². The molecule has 0 aliphatic rings. The summed E-state index contributed by atoms with van der Waals surface area (Å²) in [6.45, 7) is 5.79. The molecule has 0 aliphatic heterocycles. The Kier molecular flexibility index (Phi) is 4.75. The van der Waals surface area contributed by atoms with Crippen LogP contribution in [0.3, 0.4) is 0 Å². The van der Waals surface area contributed by atoms with Crippen LogP contribution in [-0.2, 0) is 4.79 Å². The van der Waals surface area contributed by atoms with Crippen LogP contribution in [0.4, 0.5) is 0 Å². The normalized spacial score (nSPS) is 12.3. The minimum atomic E-state index is -0.386. The number of aromatic hydroxyl groups is 1. The van der Waals surface area contributed by atoms with Crippen LogP contribution in [0.25, 0.3) is 10.8 Å². The van der Waals surface area contributed by atoms with E-state index in [1.807, 2.05) is 48.5 Å². The Morgan fingerprint density at radius 1 is 0.920 bits per heavy atom. The first-order chi connectivity index (χ1) is 12.0. The van der Waals surface area contributed by atoms with Gasteiger partial charge < -0.3 is 10.4 Å². The lowest BCUT2D eigenvalue weighted by atomic mass is 9.93. The highest BCUT2D eigenvalue weighted by atomic mass is 16.3. The Labute approximate surface area is 148 Å². The number of phenolic OH excluding ortho intramolecular Hbond substituents is 1. The van der Waals surface area contributed by atoms with Crippen molar-refractivity contribution in [3.63, 3.8) is 0 Å². The summed E-state index contributed by atoms with van der Waals surface area (Å²) in [5.41, 5.74) is 2.89. The quantitative estimate of drug-likeness (QED) is 0.714. The molecule has 3 aromatic rings. The topological polar surface area (TPSA) is 49.3 Å². The molecule has 1 unspecified atom stereocenters. The fourth-order valence-corrected chi connectivity index (χ4v) is 3.12. The van der Waals surface area contributed by atoms with Gasteiger partial charge in [0.25, 0.3) is 0 Å². The highest BCUT2D eigenvalue weighted by Gasteiger charge is 2.20. The molecule has 0 aliphatic carbocycles. The fraction of sp³-hybridized carbons (Fsp3) is 0.227. The maximum atomic E-state index is 11.8. The smallest absolute Gasteiger partial charge is 0.217 e. The molecular weight excluding hydrogens is 310 g/mol. The van der Waals surface area contributed by atoms with Crippen LogP contribution in [0.1, 0.15) is 49.4 Å². The van der Waals surface area contributed by atoms with E-state index in [1.54, 1.807) is 0 Å². The Hall–Kier alpha value is -2.81. The number of carbonyl (C=O) groups excluding carboxylic acids is 1. The summed E-state index contributed by atoms with van der Waals surface area (Å²) in [6.07, 6.45) is 0. The third-order valence-corrected chi connectivity index (χ3v) is 4.53. The number of amides is 1. The van der Waals surface area contributed by atoms with E-state index in [9.17, 15) is 9.90 Å². The van der Waals surface area contributed by atoms with Crippen molar-refractivity contribution in [1.82, 2.24) is 5.32 Å². The molecule has 0 heterocycles. The summed E-state index contributed by atoms with van der Waals surface area (Å²) in [5.74, 6) is 0.526. The maximum Gasteiger partial charge on any atom is 0.217 e. The Morgan fingerprint density at radius 3 is 2.20 bits per heavy atom. The number of hydrogen-bond acceptors (Lipinski definition) is 2. The zero-order valence-electron chi connectivity index (χ0n) is 14.8. The van der Waals surface area contributed by atoms with Crippen molar-refractivity contribution in [2.45, 2.75) is 32.7 Å². The summed E-state index contributed by atoms with van der Waals surface area (Å²) in [7, 11) is 0. The van der Waals surface area contributed by atoms with E-state index in [0.717, 1.165) is 16.3 Å². The van der Waals surface area contributed by atoms with Gasteiger partial charge in [0.1, 0.15) is 5.75 Å². The molecule has 3 aromatic carbocycles. The molecule has 3 rings (SSSR count). The lowest BCUT2D eigenvalue weighted by Gasteiger charge is -2.21. The SMILES string of the molecule is CC(=O)NC(c1ccc(C(C)C)cc1)c1ccc2ccccc2c1O. The van der Waals surface area contributed by atoms with Crippen molar-refractivity contribution in [1.29, 1.82) is 0 Å². The van der Waals surface area contributed by atoms with E-state index < -0.39 is 0 Å². The van der Waals surface area contributed by atoms with Crippen LogP contribution in [0.2, 0.25) is 0 Å². The molecule has 2 N–H and O–H groups in total. The molecule has 0 spiro atoms. The van der Waals surface area contributed by atoms with Crippen LogP contribution in [0.5, 0.6) is 5.75 Å². The van der Waals surface area contributed by atoms with Gasteiger partial charge in [-0.25, -0.2) is 0 Å². The molecule has 3 nitrogen and oxygen atoms in total. The minimum absolute atomic E-state index is 0.134. The summed E-state index contributed by atoms with van der Waals surface area (Å²) in [5, 5.41) is 15.5. The highest BCUT2D eigenvalue weighted by molar-refractivity contribution is 5.89. The largest absolute Gasteiger partial charge is 0.507 e. The molecule has 0 aromatic heterocycles. The maximum absolute atomic E-state index is 11.8. The molecule has 128 valence electrons. The zero-order chi connectivity index (χ0) is 18.0. The Morgan fingerprint density at radius 2 is 1.56 bits per heavy atom. The molecule has 0 fully saturated rings. The van der Waals surface area contributed by atoms with Crippen LogP contribution in [0.15, 0.2) is 60.7 Å². The van der Waals surface area contributed by atoms with Crippen molar-refractivity contribution in [2.24, 2.45) is 0 Å². The number of benzene rings is 3. The zero-order valence-corrected chi connectivity index (χ0v) is 14.8. The average molecular weight is 333 g/mol. The molecule has 25 heavy (non-hydrogen) atoms. The standard InChI is InChI=1S/C22H23NO2/c1-14(2)16-8-10-18(11-9-16)21(23-15(3)24)20-13-12-17-6-4-5-7-19(17)22(20)25/h4-14,21,25H,1-3H3,(H,23,24). The molecule has 0 saturated heterocycles. The fourth-order valence-electron chi connectivity index (χ4n) is 3.12. The second-order valence-corrected chi connectivity index (χ2v) is 6.68. The van der Waals surface area contributed by atoms with Crippen LogP contribution in [-0.4, -0.2) is 11.0 Å². The summed E-state index contributed by atoms with van der Waals surface area (Å²) < 4.78 is 0. The van der Waals surface area contributed by atoms with E-state index >= 15 is 0 Å². The molecule has 0 bridgehead atoms. The molecular formula is C22H23NO2. The first-order valence-corrected chi connectivity index (χ1v) is 8.55. The van der Waals surface area contributed by atoms with Crippen molar-refractivity contribution < 1.29 is 9.90 Å². The minimum Gasteiger partial charge on any atom is -0.507 e. The molecule has 1 atom stereocenters. The summed E-state index contributed by atoms with van der Waals surface area (Å²) >= 11 is 0. The van der Waals surface area contributed by atoms with Gasteiger partial charge in [0, 0.05) is 17.9 Å². The van der Waals surface area contributed by atoms with E-state index in [-0.39, 0.29) is 17.7 Å². The van der Waals surface area contributed by atoms with Gasteiger partial charge in [-0.05, 0) is 22.4 Å². The molecule has 0 radical (unpaired) electrons. The number of fused-ring (bicyclic) bond motifs is 1. The van der Waals surface area contributed by atoms with Crippen molar-refractivity contribution in [3.8, 4) is 5.75 Å². The molecule has 3 heteroatoms. The number of carbonyl (C=O) groups is 1. The van der Waals surface area contributed by atoms with Gasteiger partial charge in [-0.3, -0.25) is 4.79 Å². The predicted molar refractivity (Wildman–Crippen MR) is 102 cm³/mol. The monoisotopic (exact) mass is 333 g/mol. The van der Waals surface area contributed by atoms with Gasteiger partial charge in [0.15, 0.2) is 0 Å². The highest BCUT2D eigenvalue weighted by Crippen LogP contribution is 2.35. The number of hydrogen-bond donors (Lipinski definition) is 2. The number of nitrogens with one attached hydrogen (secondary N) is 1. The van der Waals surface area contributed by atoms with Gasteiger partial charge >= 0.3 is 0 Å². The Balaban J connectivity index is 2.10. The van der Waals surface area contributed by atoms with Gasteiger partial charge in [-0.15, -0.1) is 0 Å². The lowest BCUT2D eigenvalue weighted by Crippen LogP contribution is -2.27. The van der Waals surface area contributed by atoms with E-state index in [1.165, 1.54) is 12.5 Å². The van der Waals surface area contributed by atoms with Crippen LogP contribution < -0.4 is 5.32 Å². The lowest BCUT2D eigenvalue weighted by molar-refractivity contribution is -0.119. The second-order valence-electron chi connectivity index (χ2n) is 6.68. The summed E-state index contributed by atoms with van der Waals surface area (Å²) in [4.78, 5) is 11.8.